The molecule has 114 valence electrons. The number of ether oxygens (including phenoxy) is 2. The molecule has 1 heterocycles. The minimum Gasteiger partial charge on any atom is -0.469 e. The maximum atomic E-state index is 12.4. The number of para-hydroxylation sites is 1. The molecule has 2 aromatic carbocycles. The lowest BCUT2D eigenvalue weighted by molar-refractivity contribution is -0.143. The Morgan fingerprint density at radius 1 is 1.23 bits per heavy atom. The highest BCUT2D eigenvalue weighted by atomic mass is 35.5. The fraction of sp³-hybridized carbons (Fsp3) is 0.235. The van der Waals surface area contributed by atoms with Gasteiger partial charge in [0.05, 0.1) is 13.0 Å². The average Bonchev–Trinajstić information content (AvgIpc) is 2.67. The Labute approximate surface area is 133 Å². The quantitative estimate of drug-likeness (QED) is 0.862. The van der Waals surface area contributed by atoms with E-state index in [4.69, 9.17) is 26.8 Å². The monoisotopic (exact) mass is 317 g/mol. The van der Waals surface area contributed by atoms with Crippen molar-refractivity contribution in [1.29, 1.82) is 0 Å². The maximum absolute atomic E-state index is 12.4. The highest BCUT2D eigenvalue weighted by Gasteiger charge is 2.37. The molecule has 4 nitrogen and oxygen atoms in total. The number of fused-ring (bicyclic) bond motifs is 2. The lowest BCUT2D eigenvalue weighted by Gasteiger charge is -2.23. The van der Waals surface area contributed by atoms with Crippen molar-refractivity contribution >= 4 is 17.6 Å². The number of methoxy groups -OCH3 is 1. The highest BCUT2D eigenvalue weighted by Crippen LogP contribution is 2.46. The molecule has 0 saturated carbocycles. The Morgan fingerprint density at radius 2 is 1.95 bits per heavy atom. The predicted molar refractivity (Wildman–Crippen MR) is 84.5 cm³/mol. The first-order valence-electron chi connectivity index (χ1n) is 6.99. The third kappa shape index (κ3) is 2.45. The van der Waals surface area contributed by atoms with Crippen LogP contribution in [-0.4, -0.2) is 19.6 Å². The molecular formula is C17H16ClNO3. The van der Waals surface area contributed by atoms with Crippen molar-refractivity contribution in [2.24, 2.45) is 5.73 Å². The van der Waals surface area contributed by atoms with Crippen LogP contribution >= 0.6 is 11.6 Å². The van der Waals surface area contributed by atoms with Gasteiger partial charge < -0.3 is 15.2 Å². The molecule has 0 fully saturated rings. The van der Waals surface area contributed by atoms with Crippen molar-refractivity contribution in [2.75, 3.05) is 13.7 Å². The summed E-state index contributed by atoms with van der Waals surface area (Å²) in [6.07, 6.45) is 0. The molecule has 22 heavy (non-hydrogen) atoms. The Morgan fingerprint density at radius 3 is 2.68 bits per heavy atom. The molecule has 0 aromatic heterocycles. The molecule has 0 spiro atoms. The molecular weight excluding hydrogens is 302 g/mol. The second-order valence-corrected chi connectivity index (χ2v) is 5.60. The summed E-state index contributed by atoms with van der Waals surface area (Å²) in [5.41, 5.74) is 7.57. The number of rotatable bonds is 2. The van der Waals surface area contributed by atoms with Crippen molar-refractivity contribution < 1.29 is 14.3 Å². The Hall–Kier alpha value is -2.04. The third-order valence-corrected chi connectivity index (χ3v) is 4.19. The van der Waals surface area contributed by atoms with Gasteiger partial charge in [-0.3, -0.25) is 4.79 Å². The van der Waals surface area contributed by atoms with Gasteiger partial charge in [-0.1, -0.05) is 29.8 Å². The molecule has 1 aliphatic heterocycles. The predicted octanol–water partition coefficient (Wildman–Crippen LogP) is 3.44. The number of benzene rings is 2. The first-order chi connectivity index (χ1) is 10.7. The largest absolute Gasteiger partial charge is 0.469 e. The summed E-state index contributed by atoms with van der Waals surface area (Å²) in [5, 5.41) is 0.579. The molecule has 0 unspecified atom stereocenters. The summed E-state index contributed by atoms with van der Waals surface area (Å²) in [5.74, 6) is 0.186. The third-order valence-electron chi connectivity index (χ3n) is 3.96. The second kappa shape index (κ2) is 5.99. The van der Waals surface area contributed by atoms with E-state index in [2.05, 4.69) is 0 Å². The highest BCUT2D eigenvalue weighted by molar-refractivity contribution is 6.30. The number of hydrogen-bond donors (Lipinski definition) is 1. The van der Waals surface area contributed by atoms with Crippen molar-refractivity contribution in [3.63, 3.8) is 0 Å². The smallest absolute Gasteiger partial charge is 0.313 e. The molecule has 2 aromatic rings. The van der Waals surface area contributed by atoms with E-state index >= 15 is 0 Å². The Kier molecular flexibility index (Phi) is 4.05. The lowest BCUT2D eigenvalue weighted by atomic mass is 9.81. The van der Waals surface area contributed by atoms with Crippen LogP contribution in [0.5, 0.6) is 11.5 Å². The topological polar surface area (TPSA) is 61.5 Å². The first-order valence-corrected chi connectivity index (χ1v) is 7.37. The van der Waals surface area contributed by atoms with Crippen LogP contribution in [0, 0.1) is 0 Å². The van der Waals surface area contributed by atoms with Crippen molar-refractivity contribution in [2.45, 2.75) is 11.8 Å². The van der Waals surface area contributed by atoms with E-state index in [1.54, 1.807) is 18.2 Å². The van der Waals surface area contributed by atoms with E-state index < -0.39 is 5.92 Å². The van der Waals surface area contributed by atoms with Gasteiger partial charge >= 0.3 is 5.97 Å². The van der Waals surface area contributed by atoms with Gasteiger partial charge in [0.25, 0.3) is 0 Å². The van der Waals surface area contributed by atoms with E-state index in [0.717, 1.165) is 11.1 Å². The van der Waals surface area contributed by atoms with Crippen LogP contribution in [0.3, 0.4) is 0 Å². The second-order valence-electron chi connectivity index (χ2n) is 5.17. The van der Waals surface area contributed by atoms with Gasteiger partial charge in [-0.2, -0.15) is 0 Å². The average molecular weight is 318 g/mol. The molecule has 0 amide bonds. The molecule has 0 aliphatic carbocycles. The van der Waals surface area contributed by atoms with Crippen LogP contribution in [-0.2, 0) is 9.53 Å². The zero-order valence-corrected chi connectivity index (χ0v) is 12.8. The van der Waals surface area contributed by atoms with E-state index in [1.807, 2.05) is 24.3 Å². The zero-order valence-electron chi connectivity index (χ0n) is 12.1. The Balaban J connectivity index is 2.25. The summed E-state index contributed by atoms with van der Waals surface area (Å²) in [6, 6.07) is 12.8. The number of esters is 1. The van der Waals surface area contributed by atoms with Crippen LogP contribution in [0.1, 0.15) is 23.0 Å². The molecule has 0 bridgehead atoms. The van der Waals surface area contributed by atoms with Crippen LogP contribution in [0.2, 0.25) is 5.02 Å². The van der Waals surface area contributed by atoms with Crippen molar-refractivity contribution in [1.82, 2.24) is 0 Å². The summed E-state index contributed by atoms with van der Waals surface area (Å²) in [4.78, 5) is 12.4. The van der Waals surface area contributed by atoms with E-state index in [0.29, 0.717) is 16.5 Å². The fourth-order valence-electron chi connectivity index (χ4n) is 2.93. The minimum absolute atomic E-state index is 0.259. The summed E-state index contributed by atoms with van der Waals surface area (Å²) in [7, 11) is 1.38. The number of hydrogen-bond acceptors (Lipinski definition) is 4. The normalized spacial score (nSPS) is 19.4. The van der Waals surface area contributed by atoms with Crippen LogP contribution in [0.25, 0.3) is 0 Å². The molecule has 0 saturated heterocycles. The molecule has 0 radical (unpaired) electrons. The number of nitrogens with two attached hydrogens (primary N) is 1. The van der Waals surface area contributed by atoms with E-state index in [-0.39, 0.29) is 18.4 Å². The van der Waals surface area contributed by atoms with Gasteiger partial charge in [0.1, 0.15) is 11.5 Å². The molecule has 5 heteroatoms. The van der Waals surface area contributed by atoms with Gasteiger partial charge in [-0.05, 0) is 24.3 Å². The molecule has 2 N–H and O–H groups in total. The fourth-order valence-corrected chi connectivity index (χ4v) is 3.11. The SMILES string of the molecule is COC(=O)[C@@H]1c2ccccc2Oc2ccc(Cl)cc2[C@H]1CN. The lowest BCUT2D eigenvalue weighted by Crippen LogP contribution is -2.26. The number of carbonyl (C=O) groups excluding carboxylic acids is 1. The van der Waals surface area contributed by atoms with Crippen LogP contribution in [0.4, 0.5) is 0 Å². The molecule has 2 atom stereocenters. The first kappa shape index (κ1) is 14.9. The summed E-state index contributed by atoms with van der Waals surface area (Å²) in [6.45, 7) is 0.283. The van der Waals surface area contributed by atoms with Gasteiger partial charge in [-0.15, -0.1) is 0 Å². The van der Waals surface area contributed by atoms with Crippen molar-refractivity contribution in [3.05, 3.63) is 58.6 Å². The Bertz CT molecular complexity index is 717. The van der Waals surface area contributed by atoms with Gasteiger partial charge in [0, 0.05) is 28.6 Å². The van der Waals surface area contributed by atoms with E-state index in [1.165, 1.54) is 7.11 Å². The van der Waals surface area contributed by atoms with E-state index in [9.17, 15) is 4.79 Å². The summed E-state index contributed by atoms with van der Waals surface area (Å²) >= 11 is 6.11. The van der Waals surface area contributed by atoms with Gasteiger partial charge in [-0.25, -0.2) is 0 Å². The minimum atomic E-state index is -0.522. The summed E-state index contributed by atoms with van der Waals surface area (Å²) < 4.78 is 11.0. The van der Waals surface area contributed by atoms with Crippen LogP contribution in [0.15, 0.2) is 42.5 Å². The van der Waals surface area contributed by atoms with Gasteiger partial charge in [0.15, 0.2) is 0 Å². The standard InChI is InChI=1S/C17H16ClNO3/c1-21-17(20)16-11-4-2-3-5-14(11)22-15-7-6-10(18)8-12(15)13(16)9-19/h2-8,13,16H,9,19H2,1H3/t13-,16-/m1/s1. The van der Waals surface area contributed by atoms with Crippen molar-refractivity contribution in [3.8, 4) is 11.5 Å². The number of carbonyl (C=O) groups is 1. The number of halogens is 1. The zero-order chi connectivity index (χ0) is 15.7. The molecule has 3 rings (SSSR count). The van der Waals surface area contributed by atoms with Gasteiger partial charge in [0.2, 0.25) is 0 Å². The van der Waals surface area contributed by atoms with Crippen LogP contribution < -0.4 is 10.5 Å². The maximum Gasteiger partial charge on any atom is 0.313 e. The molecule has 1 aliphatic rings.